The van der Waals surface area contributed by atoms with Crippen molar-refractivity contribution in [1.82, 2.24) is 4.98 Å². The fourth-order valence-electron chi connectivity index (χ4n) is 1.49. The van der Waals surface area contributed by atoms with Gasteiger partial charge in [0.05, 0.1) is 0 Å². The molecule has 1 aromatic heterocycles. The van der Waals surface area contributed by atoms with Crippen molar-refractivity contribution in [2.24, 2.45) is 0 Å². The van der Waals surface area contributed by atoms with Crippen LogP contribution in [0.5, 0.6) is 0 Å². The van der Waals surface area contributed by atoms with E-state index in [-0.39, 0.29) is 24.6 Å². The van der Waals surface area contributed by atoms with E-state index in [1.807, 2.05) is 24.3 Å². The van der Waals surface area contributed by atoms with Gasteiger partial charge in [0.15, 0.2) is 0 Å². The molecule has 0 saturated carbocycles. The summed E-state index contributed by atoms with van der Waals surface area (Å²) in [5.41, 5.74) is 1.89. The van der Waals surface area contributed by atoms with Crippen molar-refractivity contribution in [2.75, 3.05) is 0 Å². The largest absolute Gasteiger partial charge is 1.00 e. The molecular weight excluding hydrogens is 227 g/mol. The molecule has 2 aromatic rings. The van der Waals surface area contributed by atoms with Gasteiger partial charge in [-0.2, -0.15) is 5.71 Å². The first-order chi connectivity index (χ1) is 7.77. The minimum absolute atomic E-state index is 0. The van der Waals surface area contributed by atoms with Gasteiger partial charge in [-0.25, -0.2) is 0 Å². The number of hydrogen-bond donors (Lipinski definition) is 0. The fraction of sp³-hybridized carbons (Fsp3) is 0.0769. The maximum atomic E-state index is 9.96. The summed E-state index contributed by atoms with van der Waals surface area (Å²) in [7, 11) is 0. The monoisotopic (exact) mass is 236 g/mol. The fourth-order valence-corrected chi connectivity index (χ4v) is 1.73. The summed E-state index contributed by atoms with van der Waals surface area (Å²) in [5, 5.41) is 10.5. The molecule has 0 bridgehead atoms. The van der Waals surface area contributed by atoms with Crippen LogP contribution in [0.1, 0.15) is 11.1 Å². The Morgan fingerprint density at radius 1 is 1.18 bits per heavy atom. The number of rotatable bonds is 3. The normalized spacial score (nSPS) is 9.47. The first kappa shape index (κ1) is 14.0. The Morgan fingerprint density at radius 2 is 1.94 bits per heavy atom. The summed E-state index contributed by atoms with van der Waals surface area (Å²) in [4.78, 5) is 4.00. The van der Waals surface area contributed by atoms with Crippen LogP contribution in [0.3, 0.4) is 0 Å². The van der Waals surface area contributed by atoms with Crippen LogP contribution in [0.4, 0.5) is 0 Å². The minimum Gasteiger partial charge on any atom is -0.807 e. The van der Waals surface area contributed by atoms with E-state index in [0.717, 1.165) is 5.56 Å². The van der Waals surface area contributed by atoms with Crippen molar-refractivity contribution in [3.8, 4) is 0 Å². The topological polar surface area (TPSA) is 35.2 Å². The predicted molar refractivity (Wildman–Crippen MR) is 66.9 cm³/mol. The van der Waals surface area contributed by atoms with Crippen LogP contribution in [-0.2, 0) is 6.42 Å². The average molecular weight is 237 g/mol. The summed E-state index contributed by atoms with van der Waals surface area (Å²) >= 11 is 5.99. The number of benzene rings is 1. The van der Waals surface area contributed by atoms with E-state index in [1.54, 1.807) is 24.5 Å². The van der Waals surface area contributed by atoms with E-state index < -0.39 is 0 Å². The van der Waals surface area contributed by atoms with Gasteiger partial charge in [0.2, 0.25) is 0 Å². The Kier molecular flexibility index (Phi) is 5.44. The van der Waals surface area contributed by atoms with Crippen molar-refractivity contribution in [1.29, 1.82) is 0 Å². The second-order valence-corrected chi connectivity index (χ2v) is 3.87. The molecule has 0 aliphatic rings. The second-order valence-electron chi connectivity index (χ2n) is 3.46. The number of halogens is 1. The third-order valence-corrected chi connectivity index (χ3v) is 2.61. The Morgan fingerprint density at radius 3 is 2.59 bits per heavy atom. The van der Waals surface area contributed by atoms with E-state index in [9.17, 15) is 5.41 Å². The molecule has 0 unspecified atom stereocenters. The number of hydrogen-bond acceptors (Lipinski definition) is 1. The SMILES string of the molecule is [Li+].[N-]=C(Cc1cccnc1)c1ccccc1Cl. The average Bonchev–Trinajstić information content (AvgIpc) is 2.31. The molecule has 0 N–H and O–H groups in total. The Balaban J connectivity index is 0.00000144. The molecule has 2 rings (SSSR count). The van der Waals surface area contributed by atoms with Crippen LogP contribution in [0.15, 0.2) is 48.8 Å². The van der Waals surface area contributed by atoms with Crippen molar-refractivity contribution in [2.45, 2.75) is 6.42 Å². The molecule has 80 valence electrons. The summed E-state index contributed by atoms with van der Waals surface area (Å²) in [6, 6.07) is 11.0. The van der Waals surface area contributed by atoms with Crippen LogP contribution < -0.4 is 18.9 Å². The van der Waals surface area contributed by atoms with Crippen molar-refractivity contribution in [3.05, 3.63) is 70.4 Å². The zero-order chi connectivity index (χ0) is 11.4. The molecule has 0 radical (unpaired) electrons. The Labute approximate surface area is 118 Å². The van der Waals surface area contributed by atoms with Gasteiger partial charge in [-0.05, 0) is 29.7 Å². The molecule has 0 aliphatic heterocycles. The maximum Gasteiger partial charge on any atom is 1.00 e. The van der Waals surface area contributed by atoms with E-state index in [1.165, 1.54) is 0 Å². The van der Waals surface area contributed by atoms with Crippen LogP contribution in [0.2, 0.25) is 5.02 Å². The summed E-state index contributed by atoms with van der Waals surface area (Å²) in [6.45, 7) is 0. The van der Waals surface area contributed by atoms with Crippen LogP contribution in [0.25, 0.3) is 5.41 Å². The van der Waals surface area contributed by atoms with E-state index in [0.29, 0.717) is 17.0 Å². The molecule has 0 amide bonds. The van der Waals surface area contributed by atoms with E-state index >= 15 is 0 Å². The molecule has 1 heterocycles. The van der Waals surface area contributed by atoms with Crippen molar-refractivity contribution >= 4 is 17.3 Å². The van der Waals surface area contributed by atoms with Crippen molar-refractivity contribution < 1.29 is 18.9 Å². The molecule has 17 heavy (non-hydrogen) atoms. The standard InChI is InChI=1S/C13H10ClN2.Li/c14-12-6-2-1-5-11(12)13(15)8-10-4-3-7-16-9-10;/h1-7,9H,8H2;/q-1;+1. The maximum absolute atomic E-state index is 9.96. The minimum atomic E-state index is 0. The quantitative estimate of drug-likeness (QED) is 0.559. The Bertz CT molecular complexity index is 500. The van der Waals surface area contributed by atoms with Crippen LogP contribution >= 0.6 is 11.6 Å². The number of aromatic nitrogens is 1. The molecule has 0 aliphatic carbocycles. The summed E-state index contributed by atoms with van der Waals surface area (Å²) in [6.07, 6.45) is 3.88. The molecule has 1 aromatic carbocycles. The van der Waals surface area contributed by atoms with Gasteiger partial charge < -0.3 is 5.41 Å². The molecule has 0 spiro atoms. The second kappa shape index (κ2) is 6.61. The predicted octanol–water partition coefficient (Wildman–Crippen LogP) is 0.340. The van der Waals surface area contributed by atoms with Crippen LogP contribution in [-0.4, -0.2) is 10.7 Å². The number of nitrogens with zero attached hydrogens (tertiary/aromatic N) is 2. The van der Waals surface area contributed by atoms with Gasteiger partial charge in [0.1, 0.15) is 0 Å². The van der Waals surface area contributed by atoms with Gasteiger partial charge in [-0.15, -0.1) is 0 Å². The van der Waals surface area contributed by atoms with Gasteiger partial charge >= 0.3 is 18.9 Å². The van der Waals surface area contributed by atoms with Gasteiger partial charge in [-0.3, -0.25) is 4.98 Å². The van der Waals surface area contributed by atoms with E-state index in [4.69, 9.17) is 11.6 Å². The molecule has 4 heteroatoms. The third kappa shape index (κ3) is 3.71. The Hall–Kier alpha value is -1.07. The molecule has 0 fully saturated rings. The van der Waals surface area contributed by atoms with Gasteiger partial charge in [0, 0.05) is 17.4 Å². The van der Waals surface area contributed by atoms with Crippen molar-refractivity contribution in [3.63, 3.8) is 0 Å². The zero-order valence-electron chi connectivity index (χ0n) is 9.60. The van der Waals surface area contributed by atoms with Gasteiger partial charge in [-0.1, -0.05) is 35.9 Å². The summed E-state index contributed by atoms with van der Waals surface area (Å²) in [5.74, 6) is 0. The molecule has 2 nitrogen and oxygen atoms in total. The third-order valence-electron chi connectivity index (χ3n) is 2.28. The first-order valence-electron chi connectivity index (χ1n) is 4.96. The van der Waals surface area contributed by atoms with Gasteiger partial charge in [0.25, 0.3) is 0 Å². The summed E-state index contributed by atoms with van der Waals surface area (Å²) < 4.78 is 0. The molecular formula is C13H10ClLiN2. The zero-order valence-corrected chi connectivity index (χ0v) is 10.4. The smallest absolute Gasteiger partial charge is 0.807 e. The molecule has 0 atom stereocenters. The van der Waals surface area contributed by atoms with E-state index in [2.05, 4.69) is 4.98 Å². The molecule has 0 saturated heterocycles. The van der Waals surface area contributed by atoms with Crippen LogP contribution in [0, 0.1) is 0 Å². The first-order valence-corrected chi connectivity index (χ1v) is 5.34. The number of pyridine rings is 1.